The monoisotopic (exact) mass is 383 g/mol. The van der Waals surface area contributed by atoms with Crippen LogP contribution in [0.3, 0.4) is 0 Å². The second-order valence-electron chi connectivity index (χ2n) is 4.73. The Morgan fingerprint density at radius 1 is 1.42 bits per heavy atom. The van der Waals surface area contributed by atoms with E-state index < -0.39 is 0 Å². The fourth-order valence-corrected chi connectivity index (χ4v) is 4.08. The van der Waals surface area contributed by atoms with Gasteiger partial charge in [0.25, 0.3) is 5.91 Å². The molecule has 1 unspecified atom stereocenters. The minimum Gasteiger partial charge on any atom is -0.331 e. The molecule has 2 nitrogen and oxygen atoms in total. The van der Waals surface area contributed by atoms with Crippen LogP contribution in [0.2, 0.25) is 0 Å². The van der Waals surface area contributed by atoms with E-state index in [1.54, 1.807) is 11.3 Å². The first-order valence-corrected chi connectivity index (χ1v) is 8.25. The standard InChI is InChI=1S/C15H14INOS/c1-10-13-6-8-19-14(13)5-7-17(10)15(18)11-3-2-4-12(16)9-11/h2-4,6,8-10H,5,7H2,1H3. The molecule has 0 bridgehead atoms. The zero-order valence-electron chi connectivity index (χ0n) is 10.6. The minimum absolute atomic E-state index is 0.142. The number of fused-ring (bicyclic) bond motifs is 1. The highest BCUT2D eigenvalue weighted by molar-refractivity contribution is 14.1. The molecule has 0 N–H and O–H groups in total. The van der Waals surface area contributed by atoms with E-state index in [0.29, 0.717) is 0 Å². The van der Waals surface area contributed by atoms with Crippen LogP contribution in [0, 0.1) is 3.57 Å². The van der Waals surface area contributed by atoms with Crippen LogP contribution in [0.1, 0.15) is 33.8 Å². The van der Waals surface area contributed by atoms with Gasteiger partial charge in [-0.25, -0.2) is 0 Å². The number of halogens is 1. The number of hydrogen-bond acceptors (Lipinski definition) is 2. The minimum atomic E-state index is 0.142. The van der Waals surface area contributed by atoms with Crippen molar-refractivity contribution >= 4 is 39.8 Å². The van der Waals surface area contributed by atoms with Crippen molar-refractivity contribution in [1.29, 1.82) is 0 Å². The van der Waals surface area contributed by atoms with Crippen LogP contribution in [-0.2, 0) is 6.42 Å². The maximum Gasteiger partial charge on any atom is 0.254 e. The summed E-state index contributed by atoms with van der Waals surface area (Å²) in [7, 11) is 0. The molecular weight excluding hydrogens is 369 g/mol. The van der Waals surface area contributed by atoms with Gasteiger partial charge in [0.15, 0.2) is 0 Å². The van der Waals surface area contributed by atoms with Crippen molar-refractivity contribution < 1.29 is 4.79 Å². The highest BCUT2D eigenvalue weighted by atomic mass is 127. The molecule has 2 heterocycles. The van der Waals surface area contributed by atoms with E-state index in [4.69, 9.17) is 0 Å². The Balaban J connectivity index is 1.90. The molecule has 3 rings (SSSR count). The van der Waals surface area contributed by atoms with Crippen molar-refractivity contribution in [3.8, 4) is 0 Å². The molecule has 1 aromatic carbocycles. The molecule has 1 atom stereocenters. The number of benzene rings is 1. The van der Waals surface area contributed by atoms with E-state index in [9.17, 15) is 4.79 Å². The average molecular weight is 383 g/mol. The Bertz CT molecular complexity index is 622. The maximum absolute atomic E-state index is 12.6. The van der Waals surface area contributed by atoms with Gasteiger partial charge < -0.3 is 4.90 Å². The second-order valence-corrected chi connectivity index (χ2v) is 6.98. The van der Waals surface area contributed by atoms with Crippen molar-refractivity contribution in [2.75, 3.05) is 6.54 Å². The van der Waals surface area contributed by atoms with Crippen LogP contribution in [0.4, 0.5) is 0 Å². The predicted molar refractivity (Wildman–Crippen MR) is 86.6 cm³/mol. The van der Waals surface area contributed by atoms with Gasteiger partial charge >= 0.3 is 0 Å². The molecule has 0 aliphatic carbocycles. The van der Waals surface area contributed by atoms with Gasteiger partial charge in [-0.2, -0.15) is 0 Å². The van der Waals surface area contributed by atoms with Gasteiger partial charge in [0.2, 0.25) is 0 Å². The molecule has 0 fully saturated rings. The molecule has 1 aromatic heterocycles. The third-order valence-corrected chi connectivity index (χ3v) is 5.28. The highest BCUT2D eigenvalue weighted by Gasteiger charge is 2.28. The molecule has 1 amide bonds. The third-order valence-electron chi connectivity index (χ3n) is 3.61. The molecule has 4 heteroatoms. The van der Waals surface area contributed by atoms with E-state index in [2.05, 4.69) is 41.0 Å². The summed E-state index contributed by atoms with van der Waals surface area (Å²) in [4.78, 5) is 16.0. The van der Waals surface area contributed by atoms with Crippen molar-refractivity contribution in [3.63, 3.8) is 0 Å². The summed E-state index contributed by atoms with van der Waals surface area (Å²) in [5.74, 6) is 0.142. The third kappa shape index (κ3) is 2.43. The zero-order chi connectivity index (χ0) is 13.4. The lowest BCUT2D eigenvalue weighted by atomic mass is 10.0. The van der Waals surface area contributed by atoms with Crippen LogP contribution in [0.25, 0.3) is 0 Å². The summed E-state index contributed by atoms with van der Waals surface area (Å²) in [5, 5.41) is 2.13. The first kappa shape index (κ1) is 13.1. The number of nitrogens with zero attached hydrogens (tertiary/aromatic N) is 1. The first-order valence-electron chi connectivity index (χ1n) is 6.29. The summed E-state index contributed by atoms with van der Waals surface area (Å²) in [6, 6.07) is 10.1. The van der Waals surface area contributed by atoms with Crippen LogP contribution in [-0.4, -0.2) is 17.4 Å². The largest absolute Gasteiger partial charge is 0.331 e. The SMILES string of the molecule is CC1c2ccsc2CCN1C(=O)c1cccc(I)c1. The molecule has 0 radical (unpaired) electrons. The molecular formula is C15H14INOS. The summed E-state index contributed by atoms with van der Waals surface area (Å²) in [6.07, 6.45) is 0.979. The van der Waals surface area contributed by atoms with E-state index >= 15 is 0 Å². The molecule has 19 heavy (non-hydrogen) atoms. The average Bonchev–Trinajstić information content (AvgIpc) is 2.88. The molecule has 0 spiro atoms. The Morgan fingerprint density at radius 2 is 2.26 bits per heavy atom. The lowest BCUT2D eigenvalue weighted by Gasteiger charge is -2.33. The fraction of sp³-hybridized carbons (Fsp3) is 0.267. The van der Waals surface area contributed by atoms with Gasteiger partial charge in [0.1, 0.15) is 0 Å². The summed E-state index contributed by atoms with van der Waals surface area (Å²) in [6.45, 7) is 2.94. The van der Waals surface area contributed by atoms with Gasteiger partial charge in [-0.15, -0.1) is 11.3 Å². The molecule has 2 aromatic rings. The number of amides is 1. The van der Waals surface area contributed by atoms with Gasteiger partial charge in [0, 0.05) is 20.6 Å². The first-order chi connectivity index (χ1) is 9.16. The Morgan fingerprint density at radius 3 is 3.05 bits per heavy atom. The Kier molecular flexibility index (Phi) is 3.62. The second kappa shape index (κ2) is 5.25. The number of carbonyl (C=O) groups is 1. The summed E-state index contributed by atoms with van der Waals surface area (Å²) < 4.78 is 1.10. The van der Waals surface area contributed by atoms with Crippen LogP contribution in [0.15, 0.2) is 35.7 Å². The summed E-state index contributed by atoms with van der Waals surface area (Å²) in [5.41, 5.74) is 2.10. The molecule has 0 saturated heterocycles. The molecule has 1 aliphatic heterocycles. The van der Waals surface area contributed by atoms with Crippen molar-refractivity contribution in [1.82, 2.24) is 4.90 Å². The van der Waals surface area contributed by atoms with Crippen molar-refractivity contribution in [2.45, 2.75) is 19.4 Å². The highest BCUT2D eigenvalue weighted by Crippen LogP contribution is 2.33. The molecule has 0 saturated carbocycles. The van der Waals surface area contributed by atoms with E-state index in [-0.39, 0.29) is 11.9 Å². The van der Waals surface area contributed by atoms with Gasteiger partial charge in [-0.05, 0) is 71.1 Å². The smallest absolute Gasteiger partial charge is 0.254 e. The van der Waals surface area contributed by atoms with Crippen LogP contribution in [0.5, 0.6) is 0 Å². The van der Waals surface area contributed by atoms with E-state index in [0.717, 1.165) is 22.1 Å². The fourth-order valence-electron chi connectivity index (χ4n) is 2.57. The number of thiophene rings is 1. The maximum atomic E-state index is 12.6. The number of rotatable bonds is 1. The van der Waals surface area contributed by atoms with E-state index in [1.165, 1.54) is 10.4 Å². The number of hydrogen-bond donors (Lipinski definition) is 0. The lowest BCUT2D eigenvalue weighted by molar-refractivity contribution is 0.0679. The Hall–Kier alpha value is -0.880. The summed E-state index contributed by atoms with van der Waals surface area (Å²) >= 11 is 4.05. The van der Waals surface area contributed by atoms with Gasteiger partial charge in [-0.3, -0.25) is 4.79 Å². The van der Waals surface area contributed by atoms with Crippen LogP contribution >= 0.6 is 33.9 Å². The molecule has 1 aliphatic rings. The van der Waals surface area contributed by atoms with Crippen molar-refractivity contribution in [2.24, 2.45) is 0 Å². The van der Waals surface area contributed by atoms with Crippen molar-refractivity contribution in [3.05, 3.63) is 55.3 Å². The van der Waals surface area contributed by atoms with E-state index in [1.807, 2.05) is 29.2 Å². The van der Waals surface area contributed by atoms with Gasteiger partial charge in [0.05, 0.1) is 6.04 Å². The topological polar surface area (TPSA) is 20.3 Å². The normalized spacial score (nSPS) is 18.2. The zero-order valence-corrected chi connectivity index (χ0v) is 13.6. The van der Waals surface area contributed by atoms with Gasteiger partial charge in [-0.1, -0.05) is 6.07 Å². The molecule has 98 valence electrons. The van der Waals surface area contributed by atoms with Crippen LogP contribution < -0.4 is 0 Å². The Labute approximate surface area is 130 Å². The lowest BCUT2D eigenvalue weighted by Crippen LogP contribution is -2.38. The predicted octanol–water partition coefficient (Wildman–Crippen LogP) is 4.11. The number of carbonyl (C=O) groups excluding carboxylic acids is 1. The quantitative estimate of drug-likeness (QED) is 0.679.